The molecule has 0 bridgehead atoms. The summed E-state index contributed by atoms with van der Waals surface area (Å²) < 4.78 is 4.48. The first-order chi connectivity index (χ1) is 11.9. The molecule has 0 spiro atoms. The van der Waals surface area contributed by atoms with Crippen LogP contribution in [0.2, 0.25) is 5.02 Å². The molecule has 0 aliphatic rings. The van der Waals surface area contributed by atoms with Gasteiger partial charge in [0.15, 0.2) is 5.69 Å². The van der Waals surface area contributed by atoms with E-state index in [0.717, 1.165) is 21.4 Å². The van der Waals surface area contributed by atoms with E-state index in [-0.39, 0.29) is 5.91 Å². The van der Waals surface area contributed by atoms with Gasteiger partial charge in [-0.05, 0) is 60.5 Å². The maximum absolute atomic E-state index is 12.4. The highest BCUT2D eigenvalue weighted by Crippen LogP contribution is 2.23. The number of nitrogens with zero attached hydrogens (tertiary/aromatic N) is 4. The average Bonchev–Trinajstić information content (AvgIpc) is 3.13. The molecular weight excluding hydrogens is 406 g/mol. The van der Waals surface area contributed by atoms with Gasteiger partial charge in [-0.25, -0.2) is 4.68 Å². The van der Waals surface area contributed by atoms with Gasteiger partial charge in [0.25, 0.3) is 5.91 Å². The molecular formula is C17H17BrClN5O. The fourth-order valence-corrected chi connectivity index (χ4v) is 2.90. The van der Waals surface area contributed by atoms with Crippen molar-refractivity contribution in [1.29, 1.82) is 0 Å². The summed E-state index contributed by atoms with van der Waals surface area (Å²) in [6, 6.07) is 7.07. The van der Waals surface area contributed by atoms with E-state index < -0.39 is 0 Å². The molecule has 130 valence electrons. The molecule has 3 aromatic rings. The summed E-state index contributed by atoms with van der Waals surface area (Å²) in [6.07, 6.45) is 1.75. The molecule has 1 N–H and O–H groups in total. The molecule has 6 nitrogen and oxygen atoms in total. The van der Waals surface area contributed by atoms with Gasteiger partial charge >= 0.3 is 0 Å². The Balaban J connectivity index is 1.75. The van der Waals surface area contributed by atoms with Gasteiger partial charge in [0.1, 0.15) is 6.67 Å². The zero-order valence-electron chi connectivity index (χ0n) is 14.0. The predicted octanol–water partition coefficient (Wildman–Crippen LogP) is 4.18. The third-order valence-electron chi connectivity index (χ3n) is 3.96. The van der Waals surface area contributed by atoms with Crippen molar-refractivity contribution >= 4 is 39.1 Å². The molecule has 0 saturated heterocycles. The predicted molar refractivity (Wildman–Crippen MR) is 101 cm³/mol. The Morgan fingerprint density at radius 3 is 2.68 bits per heavy atom. The molecule has 0 atom stereocenters. The fraction of sp³-hybridized carbons (Fsp3) is 0.235. The second kappa shape index (κ2) is 7.01. The summed E-state index contributed by atoms with van der Waals surface area (Å²) in [6.45, 7) is 6.20. The Morgan fingerprint density at radius 2 is 2.00 bits per heavy atom. The smallest absolute Gasteiger partial charge is 0.276 e. The van der Waals surface area contributed by atoms with Gasteiger partial charge < -0.3 is 5.32 Å². The quantitative estimate of drug-likeness (QED) is 0.686. The van der Waals surface area contributed by atoms with Crippen molar-refractivity contribution < 1.29 is 4.79 Å². The highest BCUT2D eigenvalue weighted by atomic mass is 79.9. The molecule has 3 rings (SSSR count). The minimum absolute atomic E-state index is 0.279. The van der Waals surface area contributed by atoms with E-state index in [0.29, 0.717) is 23.1 Å². The largest absolute Gasteiger partial charge is 0.320 e. The lowest BCUT2D eigenvalue weighted by Gasteiger charge is -2.08. The van der Waals surface area contributed by atoms with Crippen LogP contribution in [0.25, 0.3) is 0 Å². The van der Waals surface area contributed by atoms with Crippen LogP contribution in [0.3, 0.4) is 0 Å². The molecule has 0 saturated carbocycles. The lowest BCUT2D eigenvalue weighted by Crippen LogP contribution is -2.16. The molecule has 8 heteroatoms. The van der Waals surface area contributed by atoms with Gasteiger partial charge in [-0.3, -0.25) is 9.48 Å². The number of anilines is 1. The minimum atomic E-state index is -0.279. The summed E-state index contributed by atoms with van der Waals surface area (Å²) in [5.41, 5.74) is 3.76. The number of aromatic nitrogens is 4. The van der Waals surface area contributed by atoms with Crippen LogP contribution in [0.1, 0.15) is 27.4 Å². The Labute approximate surface area is 158 Å². The van der Waals surface area contributed by atoms with Crippen LogP contribution >= 0.6 is 27.5 Å². The van der Waals surface area contributed by atoms with Crippen LogP contribution < -0.4 is 5.32 Å². The average molecular weight is 423 g/mol. The van der Waals surface area contributed by atoms with E-state index in [1.54, 1.807) is 29.1 Å². The maximum atomic E-state index is 12.4. The second-order valence-electron chi connectivity index (χ2n) is 5.73. The van der Waals surface area contributed by atoms with Crippen molar-refractivity contribution in [3.8, 4) is 0 Å². The van der Waals surface area contributed by atoms with Crippen molar-refractivity contribution in [3.63, 3.8) is 0 Å². The number of aryl methyl sites for hydroxylation is 1. The number of halogens is 2. The van der Waals surface area contributed by atoms with Gasteiger partial charge in [0.2, 0.25) is 0 Å². The zero-order valence-corrected chi connectivity index (χ0v) is 16.4. The number of amides is 1. The number of benzene rings is 1. The number of carbonyl (C=O) groups excluding carboxylic acids is 1. The minimum Gasteiger partial charge on any atom is -0.320 e. The molecule has 1 aromatic carbocycles. The van der Waals surface area contributed by atoms with E-state index in [1.165, 1.54) is 0 Å². The molecule has 0 unspecified atom stereocenters. The summed E-state index contributed by atoms with van der Waals surface area (Å²) in [7, 11) is 0. The Hall–Kier alpha value is -2.12. The van der Waals surface area contributed by atoms with Gasteiger partial charge in [-0.2, -0.15) is 10.2 Å². The standard InChI is InChI=1S/C17H17BrClN5O/c1-10-13(19)5-4-6-14(10)20-17(25)15-7-8-23(22-15)9-24-12(3)16(18)11(2)21-24/h4-8H,9H2,1-3H3,(H,20,25). The van der Waals surface area contributed by atoms with E-state index in [2.05, 4.69) is 31.4 Å². The summed E-state index contributed by atoms with van der Waals surface area (Å²) in [5.74, 6) is -0.279. The molecule has 0 aliphatic heterocycles. The normalized spacial score (nSPS) is 10.9. The van der Waals surface area contributed by atoms with Gasteiger partial charge in [-0.15, -0.1) is 0 Å². The molecule has 1 amide bonds. The number of hydrogen-bond acceptors (Lipinski definition) is 3. The Morgan fingerprint density at radius 1 is 1.24 bits per heavy atom. The molecule has 0 aliphatic carbocycles. The molecule has 2 heterocycles. The van der Waals surface area contributed by atoms with E-state index in [9.17, 15) is 4.79 Å². The first-order valence-electron chi connectivity index (χ1n) is 7.66. The van der Waals surface area contributed by atoms with Crippen molar-refractivity contribution in [2.45, 2.75) is 27.4 Å². The molecule has 0 radical (unpaired) electrons. The van der Waals surface area contributed by atoms with Crippen LogP contribution in [0.4, 0.5) is 5.69 Å². The van der Waals surface area contributed by atoms with Crippen LogP contribution in [-0.2, 0) is 6.67 Å². The molecule has 0 fully saturated rings. The van der Waals surface area contributed by atoms with Crippen molar-refractivity contribution in [1.82, 2.24) is 19.6 Å². The van der Waals surface area contributed by atoms with Gasteiger partial charge in [-0.1, -0.05) is 17.7 Å². The molecule has 25 heavy (non-hydrogen) atoms. The Bertz CT molecular complexity index is 947. The van der Waals surface area contributed by atoms with Crippen molar-refractivity contribution in [2.24, 2.45) is 0 Å². The van der Waals surface area contributed by atoms with E-state index in [1.807, 2.05) is 31.5 Å². The highest BCUT2D eigenvalue weighted by Gasteiger charge is 2.13. The van der Waals surface area contributed by atoms with Crippen molar-refractivity contribution in [3.05, 3.63) is 62.6 Å². The number of nitrogens with one attached hydrogen (secondary N) is 1. The van der Waals surface area contributed by atoms with Crippen LogP contribution in [0.5, 0.6) is 0 Å². The second-order valence-corrected chi connectivity index (χ2v) is 6.93. The van der Waals surface area contributed by atoms with E-state index >= 15 is 0 Å². The summed E-state index contributed by atoms with van der Waals surface area (Å²) in [5, 5.41) is 12.2. The van der Waals surface area contributed by atoms with E-state index in [4.69, 9.17) is 11.6 Å². The number of carbonyl (C=O) groups is 1. The summed E-state index contributed by atoms with van der Waals surface area (Å²) >= 11 is 9.59. The number of hydrogen-bond donors (Lipinski definition) is 1. The highest BCUT2D eigenvalue weighted by molar-refractivity contribution is 9.10. The first kappa shape index (κ1) is 17.7. The van der Waals surface area contributed by atoms with Crippen molar-refractivity contribution in [2.75, 3.05) is 5.32 Å². The van der Waals surface area contributed by atoms with Crippen LogP contribution in [0, 0.1) is 20.8 Å². The maximum Gasteiger partial charge on any atom is 0.276 e. The summed E-state index contributed by atoms with van der Waals surface area (Å²) in [4.78, 5) is 12.4. The third kappa shape index (κ3) is 3.62. The lowest BCUT2D eigenvalue weighted by molar-refractivity contribution is 0.102. The zero-order chi connectivity index (χ0) is 18.1. The van der Waals surface area contributed by atoms with Gasteiger partial charge in [0, 0.05) is 16.9 Å². The first-order valence-corrected chi connectivity index (χ1v) is 8.83. The Kier molecular flexibility index (Phi) is 4.96. The lowest BCUT2D eigenvalue weighted by atomic mass is 10.2. The van der Waals surface area contributed by atoms with Crippen LogP contribution in [0.15, 0.2) is 34.9 Å². The molecule has 2 aromatic heterocycles. The van der Waals surface area contributed by atoms with Gasteiger partial charge in [0.05, 0.1) is 15.9 Å². The topological polar surface area (TPSA) is 64.7 Å². The van der Waals surface area contributed by atoms with Crippen LogP contribution in [-0.4, -0.2) is 25.5 Å². The third-order valence-corrected chi connectivity index (χ3v) is 5.52. The fourth-order valence-electron chi connectivity index (χ4n) is 2.44. The monoisotopic (exact) mass is 421 g/mol. The number of rotatable bonds is 4. The SMILES string of the molecule is Cc1nn(Cn2ccc(C(=O)Nc3cccc(Cl)c3C)n2)c(C)c1Br.